The smallest absolute Gasteiger partial charge is 0.271 e. The van der Waals surface area contributed by atoms with Crippen LogP contribution in [0.15, 0.2) is 34.1 Å². The Bertz CT molecular complexity index is 673. The molecule has 0 unspecified atom stereocenters. The van der Waals surface area contributed by atoms with E-state index < -0.39 is 10.0 Å². The second kappa shape index (κ2) is 6.17. The third-order valence-electron chi connectivity index (χ3n) is 3.31. The molecule has 1 aliphatic rings. The number of nitrogens with one attached hydrogen (secondary N) is 1. The topological polar surface area (TPSA) is 73.2 Å². The molecule has 1 fully saturated rings. The van der Waals surface area contributed by atoms with Crippen molar-refractivity contribution in [2.24, 2.45) is 0 Å². The van der Waals surface area contributed by atoms with Gasteiger partial charge < -0.3 is 4.74 Å². The Labute approximate surface area is 127 Å². The van der Waals surface area contributed by atoms with E-state index in [-0.39, 0.29) is 6.10 Å². The van der Waals surface area contributed by atoms with E-state index in [0.29, 0.717) is 16.4 Å². The molecule has 6 nitrogen and oxygen atoms in total. The number of ether oxygens (including phenoxy) is 1. The number of sulfonamides is 1. The van der Waals surface area contributed by atoms with Crippen molar-refractivity contribution in [3.8, 4) is 0 Å². The summed E-state index contributed by atoms with van der Waals surface area (Å²) >= 11 is 1.19. The van der Waals surface area contributed by atoms with Crippen LogP contribution >= 0.6 is 11.3 Å². The molecule has 0 amide bonds. The molecule has 0 aromatic carbocycles. The number of anilines is 1. The second-order valence-corrected chi connectivity index (χ2v) is 7.83. The summed E-state index contributed by atoms with van der Waals surface area (Å²) in [7, 11) is -3.51. The molecule has 2 aromatic rings. The lowest BCUT2D eigenvalue weighted by Gasteiger charge is -2.22. The van der Waals surface area contributed by atoms with E-state index in [0.717, 1.165) is 19.4 Å². The van der Waals surface area contributed by atoms with Gasteiger partial charge in [0.25, 0.3) is 10.0 Å². The molecule has 0 radical (unpaired) electrons. The van der Waals surface area contributed by atoms with Gasteiger partial charge in [-0.15, -0.1) is 11.3 Å². The van der Waals surface area contributed by atoms with Gasteiger partial charge in [-0.3, -0.25) is 9.40 Å². The highest BCUT2D eigenvalue weighted by Gasteiger charge is 2.18. The first-order chi connectivity index (χ1) is 10.1. The lowest BCUT2D eigenvalue weighted by Crippen LogP contribution is -2.24. The molecular weight excluding hydrogens is 310 g/mol. The molecule has 0 bridgehead atoms. The number of rotatable bonds is 5. The molecule has 8 heteroatoms. The number of nitrogens with zero attached hydrogens (tertiary/aromatic N) is 2. The molecular formula is C13H17N3O3S2. The Morgan fingerprint density at radius 1 is 1.48 bits per heavy atom. The molecule has 2 aromatic heterocycles. The molecule has 21 heavy (non-hydrogen) atoms. The summed E-state index contributed by atoms with van der Waals surface area (Å²) in [4.78, 5) is 0. The first-order valence-electron chi connectivity index (χ1n) is 6.84. The predicted octanol–water partition coefficient (Wildman–Crippen LogP) is 2.31. The zero-order valence-electron chi connectivity index (χ0n) is 11.4. The molecule has 0 aliphatic carbocycles. The van der Waals surface area contributed by atoms with Crippen molar-refractivity contribution in [2.45, 2.75) is 36.1 Å². The fourth-order valence-electron chi connectivity index (χ4n) is 2.30. The van der Waals surface area contributed by atoms with Crippen molar-refractivity contribution < 1.29 is 13.2 Å². The fraction of sp³-hybridized carbons (Fsp3) is 0.462. The van der Waals surface area contributed by atoms with Crippen molar-refractivity contribution in [1.29, 1.82) is 0 Å². The zero-order valence-corrected chi connectivity index (χ0v) is 13.1. The summed E-state index contributed by atoms with van der Waals surface area (Å²) in [5.74, 6) is 0. The van der Waals surface area contributed by atoms with Crippen LogP contribution in [-0.2, 0) is 21.3 Å². The SMILES string of the molecule is O=S(=O)(Nc1cnn(C[C@H]2CCCCO2)c1)c1cccs1. The van der Waals surface area contributed by atoms with Gasteiger partial charge in [-0.1, -0.05) is 6.07 Å². The van der Waals surface area contributed by atoms with Gasteiger partial charge in [-0.2, -0.15) is 5.10 Å². The van der Waals surface area contributed by atoms with Crippen LogP contribution in [0.4, 0.5) is 5.69 Å². The Balaban J connectivity index is 1.65. The second-order valence-electron chi connectivity index (χ2n) is 4.98. The standard InChI is InChI=1S/C13H17N3O3S2/c17-21(18,13-5-3-7-20-13)15-11-8-14-16(9-11)10-12-4-1-2-6-19-12/h3,5,7-9,12,15H,1-2,4,6,10H2/t12-/m1/s1. The molecule has 3 heterocycles. The maximum atomic E-state index is 12.1. The highest BCUT2D eigenvalue weighted by Crippen LogP contribution is 2.20. The highest BCUT2D eigenvalue weighted by atomic mass is 32.2. The molecule has 1 saturated heterocycles. The number of hydrogen-bond donors (Lipinski definition) is 1. The number of thiophene rings is 1. The van der Waals surface area contributed by atoms with Crippen LogP contribution in [0.2, 0.25) is 0 Å². The van der Waals surface area contributed by atoms with E-state index in [9.17, 15) is 8.42 Å². The summed E-state index contributed by atoms with van der Waals surface area (Å²) in [6, 6.07) is 3.29. The molecule has 1 N–H and O–H groups in total. The summed E-state index contributed by atoms with van der Waals surface area (Å²) in [5.41, 5.74) is 0.471. The average molecular weight is 327 g/mol. The molecule has 114 valence electrons. The fourth-order valence-corrected chi connectivity index (χ4v) is 4.32. The minimum Gasteiger partial charge on any atom is -0.376 e. The van der Waals surface area contributed by atoms with Crippen molar-refractivity contribution in [2.75, 3.05) is 11.3 Å². The molecule has 0 saturated carbocycles. The first kappa shape index (κ1) is 14.6. The zero-order chi connectivity index (χ0) is 14.7. The van der Waals surface area contributed by atoms with Gasteiger partial charge in [0, 0.05) is 12.8 Å². The van der Waals surface area contributed by atoms with Gasteiger partial charge >= 0.3 is 0 Å². The maximum absolute atomic E-state index is 12.1. The summed E-state index contributed by atoms with van der Waals surface area (Å²) in [6.45, 7) is 1.45. The maximum Gasteiger partial charge on any atom is 0.271 e. The van der Waals surface area contributed by atoms with Crippen molar-refractivity contribution in [3.05, 3.63) is 29.9 Å². The predicted molar refractivity (Wildman–Crippen MR) is 80.9 cm³/mol. The third-order valence-corrected chi connectivity index (χ3v) is 6.09. The molecule has 1 aliphatic heterocycles. The number of aromatic nitrogens is 2. The largest absolute Gasteiger partial charge is 0.376 e. The Morgan fingerprint density at radius 2 is 2.38 bits per heavy atom. The molecule has 0 spiro atoms. The van der Waals surface area contributed by atoms with Crippen molar-refractivity contribution >= 4 is 27.0 Å². The molecule has 3 rings (SSSR count). The van der Waals surface area contributed by atoms with Gasteiger partial charge in [-0.25, -0.2) is 8.42 Å². The summed E-state index contributed by atoms with van der Waals surface area (Å²) < 4.78 is 34.4. The van der Waals surface area contributed by atoms with Gasteiger partial charge in [-0.05, 0) is 30.7 Å². The Kier molecular flexibility index (Phi) is 4.27. The van der Waals surface area contributed by atoms with Crippen LogP contribution < -0.4 is 4.72 Å². The van der Waals surface area contributed by atoms with E-state index in [2.05, 4.69) is 9.82 Å². The van der Waals surface area contributed by atoms with Crippen LogP contribution in [0, 0.1) is 0 Å². The average Bonchev–Trinajstić information content (AvgIpc) is 3.11. The Morgan fingerprint density at radius 3 is 3.10 bits per heavy atom. The van der Waals surface area contributed by atoms with Gasteiger partial charge in [0.15, 0.2) is 0 Å². The lowest BCUT2D eigenvalue weighted by atomic mass is 10.1. The highest BCUT2D eigenvalue weighted by molar-refractivity contribution is 7.94. The van der Waals surface area contributed by atoms with E-state index in [4.69, 9.17) is 4.74 Å². The first-order valence-corrected chi connectivity index (χ1v) is 9.20. The van der Waals surface area contributed by atoms with Gasteiger partial charge in [0.05, 0.1) is 24.5 Å². The van der Waals surface area contributed by atoms with Gasteiger partial charge in [0.2, 0.25) is 0 Å². The number of hydrogen-bond acceptors (Lipinski definition) is 5. The lowest BCUT2D eigenvalue weighted by molar-refractivity contribution is 0.00401. The molecule has 1 atom stereocenters. The summed E-state index contributed by atoms with van der Waals surface area (Å²) in [6.07, 6.45) is 6.69. The van der Waals surface area contributed by atoms with Crippen LogP contribution in [0.5, 0.6) is 0 Å². The van der Waals surface area contributed by atoms with Crippen LogP contribution in [0.3, 0.4) is 0 Å². The van der Waals surface area contributed by atoms with E-state index in [1.807, 2.05) is 0 Å². The van der Waals surface area contributed by atoms with Crippen molar-refractivity contribution in [1.82, 2.24) is 9.78 Å². The minimum atomic E-state index is -3.51. The summed E-state index contributed by atoms with van der Waals surface area (Å²) in [5, 5.41) is 5.92. The Hall–Kier alpha value is -1.38. The van der Waals surface area contributed by atoms with Crippen LogP contribution in [0.1, 0.15) is 19.3 Å². The van der Waals surface area contributed by atoms with E-state index >= 15 is 0 Å². The van der Waals surface area contributed by atoms with Crippen LogP contribution in [0.25, 0.3) is 0 Å². The van der Waals surface area contributed by atoms with Crippen LogP contribution in [-0.4, -0.2) is 30.9 Å². The van der Waals surface area contributed by atoms with E-state index in [1.165, 1.54) is 24.0 Å². The van der Waals surface area contributed by atoms with Gasteiger partial charge in [0.1, 0.15) is 4.21 Å². The third kappa shape index (κ3) is 3.63. The van der Waals surface area contributed by atoms with E-state index in [1.54, 1.807) is 28.4 Å². The minimum absolute atomic E-state index is 0.167. The normalized spacial score (nSPS) is 19.5. The monoisotopic (exact) mass is 327 g/mol. The quantitative estimate of drug-likeness (QED) is 0.914. The van der Waals surface area contributed by atoms with Crippen molar-refractivity contribution in [3.63, 3.8) is 0 Å².